The summed E-state index contributed by atoms with van der Waals surface area (Å²) >= 11 is 6.95. The molecule has 2 heterocycles. The van der Waals surface area contributed by atoms with Crippen LogP contribution in [-0.4, -0.2) is 54.8 Å². The summed E-state index contributed by atoms with van der Waals surface area (Å²) in [5.41, 5.74) is -1.99. The molecule has 0 fully saturated rings. The van der Waals surface area contributed by atoms with Gasteiger partial charge in [0.2, 0.25) is 0 Å². The molecule has 0 aliphatic heterocycles. The van der Waals surface area contributed by atoms with Crippen molar-refractivity contribution in [2.75, 3.05) is 13.1 Å². The normalized spacial score (nSPS) is 13.4. The summed E-state index contributed by atoms with van der Waals surface area (Å²) < 4.78 is 47.7. The maximum atomic E-state index is 14.2. The van der Waals surface area contributed by atoms with E-state index >= 15 is 0 Å². The van der Waals surface area contributed by atoms with Crippen molar-refractivity contribution >= 4 is 29.2 Å². The number of alkyl carbamates (subject to hydrolysis) is 1. The van der Waals surface area contributed by atoms with Crippen LogP contribution < -0.4 is 11.0 Å². The molecule has 0 spiro atoms. The van der Waals surface area contributed by atoms with E-state index in [2.05, 4.69) is 10.4 Å². The van der Waals surface area contributed by atoms with Gasteiger partial charge in [-0.3, -0.25) is 9.36 Å². The van der Waals surface area contributed by atoms with Gasteiger partial charge in [-0.2, -0.15) is 22.8 Å². The number of alkyl halides is 4. The van der Waals surface area contributed by atoms with Crippen LogP contribution in [0.5, 0.6) is 0 Å². The van der Waals surface area contributed by atoms with Gasteiger partial charge in [-0.1, -0.05) is 55.8 Å². The number of hydrogen-bond donors (Lipinski definition) is 1. The van der Waals surface area contributed by atoms with Crippen LogP contribution in [0.4, 0.5) is 18.0 Å². The maximum absolute atomic E-state index is 14.2. The quantitative estimate of drug-likeness (QED) is 0.141. The van der Waals surface area contributed by atoms with E-state index in [0.29, 0.717) is 0 Å². The fraction of sp³-hybridized carbons (Fsp3) is 0.424. The molecule has 2 aromatic carbocycles. The standard InChI is InChI=1S/C33H38ClF3N6O4/c1-21(2)27(28-40-26-16-18-39-43(26)31(46)42(28)25(34)20-22-10-7-6-8-11-22)41(19-9-17-38-30(45)47-32(3,4)5)29(44)23-12-14-24(15-13-23)33(35,36)37/h6-8,10-16,18,21,25,27H,9,17,19-20H2,1-5H3,(H,38,45). The molecule has 0 saturated heterocycles. The maximum Gasteiger partial charge on any atom is 0.416 e. The number of halogens is 4. The number of amides is 2. The zero-order valence-corrected chi connectivity index (χ0v) is 27.5. The number of fused-ring (bicyclic) bond motifs is 1. The largest absolute Gasteiger partial charge is 0.444 e. The Balaban J connectivity index is 1.78. The Bertz CT molecular complexity index is 1730. The highest BCUT2D eigenvalue weighted by Crippen LogP contribution is 2.33. The zero-order chi connectivity index (χ0) is 34.5. The van der Waals surface area contributed by atoms with Crippen molar-refractivity contribution in [1.82, 2.24) is 29.4 Å². The van der Waals surface area contributed by atoms with Gasteiger partial charge in [0.1, 0.15) is 16.9 Å². The zero-order valence-electron chi connectivity index (χ0n) is 26.8. The summed E-state index contributed by atoms with van der Waals surface area (Å²) in [6, 6.07) is 13.9. The van der Waals surface area contributed by atoms with Crippen LogP contribution >= 0.6 is 11.6 Å². The number of ether oxygens (including phenoxy) is 1. The lowest BCUT2D eigenvalue weighted by Gasteiger charge is -2.36. The van der Waals surface area contributed by atoms with Crippen molar-refractivity contribution in [2.24, 2.45) is 5.92 Å². The number of benzene rings is 2. The van der Waals surface area contributed by atoms with Crippen LogP contribution in [0.2, 0.25) is 0 Å². The van der Waals surface area contributed by atoms with Gasteiger partial charge >= 0.3 is 18.0 Å². The Labute approximate surface area is 275 Å². The summed E-state index contributed by atoms with van der Waals surface area (Å²) in [5, 5.41) is 6.77. The first-order valence-electron chi connectivity index (χ1n) is 15.2. The van der Waals surface area contributed by atoms with Crippen LogP contribution in [-0.2, 0) is 17.3 Å². The highest BCUT2D eigenvalue weighted by Gasteiger charge is 2.35. The van der Waals surface area contributed by atoms with E-state index in [0.717, 1.165) is 34.3 Å². The monoisotopic (exact) mass is 674 g/mol. The minimum Gasteiger partial charge on any atom is -0.444 e. The highest BCUT2D eigenvalue weighted by molar-refractivity contribution is 6.19. The number of hydrogen-bond acceptors (Lipinski definition) is 6. The fourth-order valence-corrected chi connectivity index (χ4v) is 5.52. The summed E-state index contributed by atoms with van der Waals surface area (Å²) in [6.07, 6.45) is -3.28. The second kappa shape index (κ2) is 14.6. The molecule has 10 nitrogen and oxygen atoms in total. The Kier molecular flexibility index (Phi) is 11.0. The second-order valence-electron chi connectivity index (χ2n) is 12.4. The third-order valence-electron chi connectivity index (χ3n) is 7.21. The van der Waals surface area contributed by atoms with Crippen molar-refractivity contribution < 1.29 is 27.5 Å². The fourth-order valence-electron chi connectivity index (χ4n) is 5.16. The number of aromatic nitrogens is 4. The Hall–Kier alpha value is -4.39. The number of nitrogens with zero attached hydrogens (tertiary/aromatic N) is 5. The molecule has 0 aliphatic rings. The van der Waals surface area contributed by atoms with Gasteiger partial charge in [0.15, 0.2) is 5.65 Å². The van der Waals surface area contributed by atoms with Crippen LogP contribution in [0, 0.1) is 5.92 Å². The number of carbonyl (C=O) groups is 2. The predicted octanol–water partition coefficient (Wildman–Crippen LogP) is 6.64. The topological polar surface area (TPSA) is 111 Å². The van der Waals surface area contributed by atoms with Crippen LogP contribution in [0.25, 0.3) is 5.65 Å². The van der Waals surface area contributed by atoms with Crippen molar-refractivity contribution in [3.05, 3.63) is 99.9 Å². The number of rotatable bonds is 11. The smallest absolute Gasteiger partial charge is 0.416 e. The molecule has 4 rings (SSSR count). The van der Waals surface area contributed by atoms with E-state index < -0.39 is 46.6 Å². The lowest BCUT2D eigenvalue weighted by atomic mass is 9.99. The molecule has 252 valence electrons. The van der Waals surface area contributed by atoms with E-state index in [1.54, 1.807) is 26.8 Å². The first-order chi connectivity index (χ1) is 22.1. The molecule has 2 amide bonds. The molecule has 2 aromatic heterocycles. The molecule has 2 unspecified atom stereocenters. The molecule has 0 aliphatic carbocycles. The van der Waals surface area contributed by atoms with E-state index in [1.807, 2.05) is 44.2 Å². The van der Waals surface area contributed by atoms with E-state index in [9.17, 15) is 27.6 Å². The minimum absolute atomic E-state index is 0.00906. The van der Waals surface area contributed by atoms with Gasteiger partial charge in [-0.15, -0.1) is 0 Å². The van der Waals surface area contributed by atoms with Crippen LogP contribution in [0.15, 0.2) is 71.7 Å². The molecule has 4 aromatic rings. The average molecular weight is 675 g/mol. The lowest BCUT2D eigenvalue weighted by Crippen LogP contribution is -2.44. The molecule has 47 heavy (non-hydrogen) atoms. The Morgan fingerprint density at radius 2 is 1.68 bits per heavy atom. The van der Waals surface area contributed by atoms with E-state index in [-0.39, 0.29) is 48.9 Å². The summed E-state index contributed by atoms with van der Waals surface area (Å²) in [6.45, 7) is 9.06. The van der Waals surface area contributed by atoms with E-state index in [1.165, 1.54) is 15.7 Å². The highest BCUT2D eigenvalue weighted by atomic mass is 35.5. The first-order valence-corrected chi connectivity index (χ1v) is 15.6. The van der Waals surface area contributed by atoms with Crippen LogP contribution in [0.1, 0.15) is 79.9 Å². The molecule has 14 heteroatoms. The predicted molar refractivity (Wildman–Crippen MR) is 171 cm³/mol. The van der Waals surface area contributed by atoms with Gasteiger partial charge < -0.3 is 15.0 Å². The van der Waals surface area contributed by atoms with Gasteiger partial charge in [0.25, 0.3) is 5.91 Å². The molecule has 0 radical (unpaired) electrons. The summed E-state index contributed by atoms with van der Waals surface area (Å²) in [4.78, 5) is 46.5. The first kappa shape index (κ1) is 35.5. The number of nitrogens with one attached hydrogen (secondary N) is 1. The van der Waals surface area contributed by atoms with Crippen molar-refractivity contribution in [3.8, 4) is 0 Å². The molecular formula is C33H38ClF3N6O4. The van der Waals surface area contributed by atoms with Gasteiger partial charge in [-0.25, -0.2) is 14.6 Å². The molecule has 1 N–H and O–H groups in total. The SMILES string of the molecule is CC(C)C(c1nc2ccnn2c(=O)n1C(Cl)Cc1ccccc1)N(CCCNC(=O)OC(C)(C)C)C(=O)c1ccc(C(F)(F)F)cc1. The average Bonchev–Trinajstić information content (AvgIpc) is 3.46. The summed E-state index contributed by atoms with van der Waals surface area (Å²) in [7, 11) is 0. The Morgan fingerprint density at radius 1 is 1.02 bits per heavy atom. The molecule has 0 bridgehead atoms. The lowest BCUT2D eigenvalue weighted by molar-refractivity contribution is -0.137. The van der Waals surface area contributed by atoms with Gasteiger partial charge in [0, 0.05) is 31.1 Å². The third kappa shape index (κ3) is 8.91. The third-order valence-corrected chi connectivity index (χ3v) is 7.56. The van der Waals surface area contributed by atoms with Crippen molar-refractivity contribution in [3.63, 3.8) is 0 Å². The van der Waals surface area contributed by atoms with E-state index in [4.69, 9.17) is 21.3 Å². The molecule has 2 atom stereocenters. The number of carbonyl (C=O) groups excluding carboxylic acids is 2. The Morgan fingerprint density at radius 3 is 2.28 bits per heavy atom. The van der Waals surface area contributed by atoms with Gasteiger partial charge in [-0.05, 0) is 62.9 Å². The summed E-state index contributed by atoms with van der Waals surface area (Å²) in [5.74, 6) is -0.747. The second-order valence-corrected chi connectivity index (χ2v) is 12.9. The molecular weight excluding hydrogens is 637 g/mol. The van der Waals surface area contributed by atoms with Gasteiger partial charge in [0.05, 0.1) is 17.8 Å². The molecule has 0 saturated carbocycles. The van der Waals surface area contributed by atoms with Crippen LogP contribution in [0.3, 0.4) is 0 Å². The van der Waals surface area contributed by atoms with Crippen molar-refractivity contribution in [1.29, 1.82) is 0 Å². The van der Waals surface area contributed by atoms with Crippen molar-refractivity contribution in [2.45, 2.75) is 70.8 Å². The minimum atomic E-state index is -4.58.